The second-order valence-corrected chi connectivity index (χ2v) is 8.56. The molecule has 1 saturated heterocycles. The van der Waals surface area contributed by atoms with Crippen LogP contribution in [-0.2, 0) is 10.0 Å². The summed E-state index contributed by atoms with van der Waals surface area (Å²) >= 11 is 0. The summed E-state index contributed by atoms with van der Waals surface area (Å²) in [6.07, 6.45) is 0. The lowest BCUT2D eigenvalue weighted by molar-refractivity contribution is 0.363. The highest BCUT2D eigenvalue weighted by Crippen LogP contribution is 2.28. The van der Waals surface area contributed by atoms with Crippen molar-refractivity contribution in [3.63, 3.8) is 0 Å². The molecular formula is C21H20N4O4S. The molecule has 154 valence electrons. The van der Waals surface area contributed by atoms with Gasteiger partial charge in [-0.25, -0.2) is 8.42 Å². The lowest BCUT2D eigenvalue weighted by Crippen LogP contribution is -2.48. The standard InChI is InChI=1S/C21H20N4O4S/c1-28-18-9-7-17(8-10-18)24-11-13-25(14-12-24)30(26,27)21-19(15-22)23-20(29-21)16-5-3-2-4-6-16/h2-10H,11-14H2,1H3. The Balaban J connectivity index is 1.53. The van der Waals surface area contributed by atoms with Gasteiger partial charge in [-0.3, -0.25) is 0 Å². The molecule has 0 amide bonds. The number of ether oxygens (including phenoxy) is 1. The lowest BCUT2D eigenvalue weighted by atomic mass is 10.2. The molecular weight excluding hydrogens is 404 g/mol. The normalized spacial score (nSPS) is 15.0. The van der Waals surface area contributed by atoms with Crippen molar-refractivity contribution in [2.24, 2.45) is 0 Å². The average Bonchev–Trinajstić information content (AvgIpc) is 3.25. The van der Waals surface area contributed by atoms with Crippen molar-refractivity contribution >= 4 is 15.7 Å². The zero-order chi connectivity index (χ0) is 21.1. The summed E-state index contributed by atoms with van der Waals surface area (Å²) < 4.78 is 38.4. The number of nitrogens with zero attached hydrogens (tertiary/aromatic N) is 4. The third-order valence-electron chi connectivity index (χ3n) is 4.97. The topological polar surface area (TPSA) is 99.7 Å². The molecule has 2 aromatic carbocycles. The first-order valence-electron chi connectivity index (χ1n) is 9.38. The van der Waals surface area contributed by atoms with Gasteiger partial charge in [0.1, 0.15) is 11.8 Å². The molecule has 30 heavy (non-hydrogen) atoms. The van der Waals surface area contributed by atoms with Gasteiger partial charge in [0, 0.05) is 37.4 Å². The van der Waals surface area contributed by atoms with E-state index in [1.807, 2.05) is 36.4 Å². The fourth-order valence-corrected chi connectivity index (χ4v) is 4.75. The third kappa shape index (κ3) is 3.75. The van der Waals surface area contributed by atoms with E-state index in [9.17, 15) is 13.7 Å². The Bertz CT molecular complexity index is 1160. The molecule has 4 rings (SSSR count). The van der Waals surface area contributed by atoms with Crippen LogP contribution in [0, 0.1) is 11.3 Å². The van der Waals surface area contributed by atoms with Crippen LogP contribution in [0.4, 0.5) is 5.69 Å². The number of hydrogen-bond donors (Lipinski definition) is 0. The van der Waals surface area contributed by atoms with Gasteiger partial charge in [0.2, 0.25) is 5.89 Å². The van der Waals surface area contributed by atoms with Gasteiger partial charge in [-0.2, -0.15) is 14.6 Å². The number of piperazine rings is 1. The number of sulfonamides is 1. The van der Waals surface area contributed by atoms with Crippen molar-refractivity contribution in [3.8, 4) is 23.3 Å². The van der Waals surface area contributed by atoms with E-state index >= 15 is 0 Å². The Labute approximate surface area is 175 Å². The molecule has 1 aromatic heterocycles. The van der Waals surface area contributed by atoms with E-state index < -0.39 is 15.1 Å². The number of benzene rings is 2. The molecule has 0 unspecified atom stereocenters. The first kappa shape index (κ1) is 19.9. The van der Waals surface area contributed by atoms with Gasteiger partial charge in [-0.05, 0) is 36.4 Å². The molecule has 1 aliphatic rings. The van der Waals surface area contributed by atoms with E-state index in [1.165, 1.54) is 4.31 Å². The molecule has 8 nitrogen and oxygen atoms in total. The Hall–Kier alpha value is -3.35. The average molecular weight is 424 g/mol. The summed E-state index contributed by atoms with van der Waals surface area (Å²) in [5.41, 5.74) is 1.38. The SMILES string of the molecule is COc1ccc(N2CCN(S(=O)(=O)c3oc(-c4ccccc4)nc3C#N)CC2)cc1. The minimum atomic E-state index is -3.97. The smallest absolute Gasteiger partial charge is 0.279 e. The van der Waals surface area contributed by atoms with Crippen molar-refractivity contribution in [1.29, 1.82) is 5.26 Å². The Kier molecular flexibility index (Phi) is 5.44. The Morgan fingerprint density at radius 2 is 1.70 bits per heavy atom. The second kappa shape index (κ2) is 8.18. The number of hydrogen-bond acceptors (Lipinski definition) is 7. The number of anilines is 1. The van der Waals surface area contributed by atoms with Crippen LogP contribution in [0.1, 0.15) is 5.69 Å². The molecule has 0 atom stereocenters. The van der Waals surface area contributed by atoms with Crippen molar-refractivity contribution in [2.75, 3.05) is 38.2 Å². The van der Waals surface area contributed by atoms with Crippen LogP contribution in [0.5, 0.6) is 5.75 Å². The van der Waals surface area contributed by atoms with Gasteiger partial charge in [-0.1, -0.05) is 18.2 Å². The molecule has 3 aromatic rings. The van der Waals surface area contributed by atoms with Crippen molar-refractivity contribution in [2.45, 2.75) is 5.09 Å². The fourth-order valence-electron chi connectivity index (χ4n) is 3.35. The summed E-state index contributed by atoms with van der Waals surface area (Å²) in [6, 6.07) is 18.4. The molecule has 1 aliphatic heterocycles. The van der Waals surface area contributed by atoms with E-state index in [0.717, 1.165) is 11.4 Å². The van der Waals surface area contributed by atoms with Crippen LogP contribution in [0.25, 0.3) is 11.5 Å². The first-order chi connectivity index (χ1) is 14.5. The highest BCUT2D eigenvalue weighted by atomic mass is 32.2. The van der Waals surface area contributed by atoms with Gasteiger partial charge in [-0.15, -0.1) is 0 Å². The Morgan fingerprint density at radius 3 is 2.30 bits per heavy atom. The van der Waals surface area contributed by atoms with Crippen molar-refractivity contribution in [1.82, 2.24) is 9.29 Å². The zero-order valence-electron chi connectivity index (χ0n) is 16.4. The van der Waals surface area contributed by atoms with Crippen LogP contribution in [-0.4, -0.2) is 51.0 Å². The number of nitriles is 1. The maximum Gasteiger partial charge on any atom is 0.279 e. The zero-order valence-corrected chi connectivity index (χ0v) is 17.2. The molecule has 2 heterocycles. The summed E-state index contributed by atoms with van der Waals surface area (Å²) in [4.78, 5) is 6.19. The highest BCUT2D eigenvalue weighted by molar-refractivity contribution is 7.89. The van der Waals surface area contributed by atoms with E-state index in [2.05, 4.69) is 9.88 Å². The first-order valence-corrected chi connectivity index (χ1v) is 10.8. The van der Waals surface area contributed by atoms with Gasteiger partial charge >= 0.3 is 0 Å². The van der Waals surface area contributed by atoms with Crippen molar-refractivity contribution in [3.05, 3.63) is 60.3 Å². The van der Waals surface area contributed by atoms with E-state index in [-0.39, 0.29) is 24.7 Å². The number of rotatable bonds is 5. The summed E-state index contributed by atoms with van der Waals surface area (Å²) in [7, 11) is -2.36. The van der Waals surface area contributed by atoms with Gasteiger partial charge in [0.05, 0.1) is 7.11 Å². The van der Waals surface area contributed by atoms with Crippen LogP contribution in [0.15, 0.2) is 64.1 Å². The largest absolute Gasteiger partial charge is 0.497 e. The van der Waals surface area contributed by atoms with Gasteiger partial charge in [0.25, 0.3) is 15.1 Å². The minimum absolute atomic E-state index is 0.114. The molecule has 1 fully saturated rings. The molecule has 0 N–H and O–H groups in total. The Morgan fingerprint density at radius 1 is 1.03 bits per heavy atom. The lowest BCUT2D eigenvalue weighted by Gasteiger charge is -2.34. The highest BCUT2D eigenvalue weighted by Gasteiger charge is 2.35. The molecule has 0 radical (unpaired) electrons. The monoisotopic (exact) mass is 424 g/mol. The maximum absolute atomic E-state index is 13.1. The van der Waals surface area contributed by atoms with Crippen molar-refractivity contribution < 1.29 is 17.6 Å². The van der Waals surface area contributed by atoms with Gasteiger partial charge in [0.15, 0.2) is 5.69 Å². The van der Waals surface area contributed by atoms with E-state index in [1.54, 1.807) is 31.4 Å². The number of aromatic nitrogens is 1. The number of oxazole rings is 1. The fraction of sp³-hybridized carbons (Fsp3) is 0.238. The summed E-state index contributed by atoms with van der Waals surface area (Å²) in [5.74, 6) is 0.881. The van der Waals surface area contributed by atoms with Crippen LogP contribution in [0.3, 0.4) is 0 Å². The predicted molar refractivity (Wildman–Crippen MR) is 111 cm³/mol. The van der Waals surface area contributed by atoms with E-state index in [0.29, 0.717) is 18.7 Å². The predicted octanol–water partition coefficient (Wildman–Crippen LogP) is 2.73. The van der Waals surface area contributed by atoms with Crippen LogP contribution >= 0.6 is 0 Å². The minimum Gasteiger partial charge on any atom is -0.497 e. The van der Waals surface area contributed by atoms with Gasteiger partial charge < -0.3 is 14.1 Å². The second-order valence-electron chi connectivity index (χ2n) is 6.72. The van der Waals surface area contributed by atoms with Crippen LogP contribution < -0.4 is 9.64 Å². The maximum atomic E-state index is 13.1. The molecule has 9 heteroatoms. The molecule has 0 spiro atoms. The quantitative estimate of drug-likeness (QED) is 0.621. The summed E-state index contributed by atoms with van der Waals surface area (Å²) in [6.45, 7) is 1.60. The number of methoxy groups -OCH3 is 1. The molecule has 0 bridgehead atoms. The summed E-state index contributed by atoms with van der Waals surface area (Å²) in [5, 5.41) is 9.00. The molecule has 0 saturated carbocycles. The van der Waals surface area contributed by atoms with E-state index in [4.69, 9.17) is 9.15 Å². The third-order valence-corrected chi connectivity index (χ3v) is 6.76. The van der Waals surface area contributed by atoms with Crippen LogP contribution in [0.2, 0.25) is 0 Å². The molecule has 0 aliphatic carbocycles.